The third kappa shape index (κ3) is 1.66. The highest BCUT2D eigenvalue weighted by molar-refractivity contribution is 9.09. The maximum Gasteiger partial charge on any atom is 0.119 e. The van der Waals surface area contributed by atoms with Gasteiger partial charge in [-0.2, -0.15) is 0 Å². The predicted molar refractivity (Wildman–Crippen MR) is 59.0 cm³/mol. The summed E-state index contributed by atoms with van der Waals surface area (Å²) >= 11 is 3.48. The standard InChI is InChI=1S/C11H13BrO2/c1-14-8-3-4-9-7(6-8)2-5-10(12)11(9)13/h3-4,6,10-11,13H,2,5H2,1H3/t10-,11-/m0/s1. The monoisotopic (exact) mass is 256 g/mol. The SMILES string of the molecule is COc1ccc2c(c1)CC[C@H](Br)[C@H]2O. The fourth-order valence-electron chi connectivity index (χ4n) is 1.86. The molecular weight excluding hydrogens is 244 g/mol. The number of benzene rings is 1. The molecule has 0 spiro atoms. The predicted octanol–water partition coefficient (Wildman–Crippen LogP) is 2.44. The Kier molecular flexibility index (Phi) is 2.79. The van der Waals surface area contributed by atoms with E-state index in [0.717, 1.165) is 24.2 Å². The average molecular weight is 257 g/mol. The third-order valence-electron chi connectivity index (χ3n) is 2.70. The van der Waals surface area contributed by atoms with Crippen LogP contribution in [-0.2, 0) is 6.42 Å². The normalized spacial score (nSPS) is 25.6. The van der Waals surface area contributed by atoms with Gasteiger partial charge in [-0.25, -0.2) is 0 Å². The minimum Gasteiger partial charge on any atom is -0.497 e. The molecule has 1 aromatic rings. The van der Waals surface area contributed by atoms with Crippen LogP contribution in [0.1, 0.15) is 23.7 Å². The van der Waals surface area contributed by atoms with Crippen LogP contribution in [0.25, 0.3) is 0 Å². The van der Waals surface area contributed by atoms with Crippen molar-refractivity contribution < 1.29 is 9.84 Å². The van der Waals surface area contributed by atoms with Gasteiger partial charge < -0.3 is 9.84 Å². The summed E-state index contributed by atoms with van der Waals surface area (Å²) in [6.07, 6.45) is 1.59. The molecule has 2 atom stereocenters. The van der Waals surface area contributed by atoms with Crippen molar-refractivity contribution in [2.45, 2.75) is 23.8 Å². The number of fused-ring (bicyclic) bond motifs is 1. The number of methoxy groups -OCH3 is 1. The summed E-state index contributed by atoms with van der Waals surface area (Å²) in [7, 11) is 1.66. The molecule has 0 saturated carbocycles. The van der Waals surface area contributed by atoms with Crippen molar-refractivity contribution in [1.29, 1.82) is 0 Å². The van der Waals surface area contributed by atoms with E-state index in [1.165, 1.54) is 5.56 Å². The number of halogens is 1. The van der Waals surface area contributed by atoms with Gasteiger partial charge in [-0.3, -0.25) is 0 Å². The van der Waals surface area contributed by atoms with E-state index in [2.05, 4.69) is 15.9 Å². The number of aliphatic hydroxyl groups is 1. The summed E-state index contributed by atoms with van der Waals surface area (Å²) in [5.74, 6) is 0.865. The molecule has 0 saturated heterocycles. The molecule has 1 aliphatic rings. The van der Waals surface area contributed by atoms with E-state index in [1.807, 2.05) is 18.2 Å². The minimum absolute atomic E-state index is 0.184. The highest BCUT2D eigenvalue weighted by Crippen LogP contribution is 2.35. The van der Waals surface area contributed by atoms with E-state index >= 15 is 0 Å². The lowest BCUT2D eigenvalue weighted by Gasteiger charge is -2.26. The summed E-state index contributed by atoms with van der Waals surface area (Å²) in [6, 6.07) is 5.86. The number of rotatable bonds is 1. The Morgan fingerprint density at radius 1 is 1.50 bits per heavy atom. The van der Waals surface area contributed by atoms with Crippen molar-refractivity contribution in [3.63, 3.8) is 0 Å². The maximum absolute atomic E-state index is 9.91. The van der Waals surface area contributed by atoms with Crippen LogP contribution in [0.3, 0.4) is 0 Å². The molecule has 0 heterocycles. The Balaban J connectivity index is 2.38. The van der Waals surface area contributed by atoms with E-state index in [1.54, 1.807) is 7.11 Å². The number of hydrogen-bond donors (Lipinski definition) is 1. The fourth-order valence-corrected chi connectivity index (χ4v) is 2.37. The molecule has 0 amide bonds. The van der Waals surface area contributed by atoms with Gasteiger partial charge in [0, 0.05) is 4.83 Å². The highest BCUT2D eigenvalue weighted by Gasteiger charge is 2.25. The molecule has 76 valence electrons. The number of aryl methyl sites for hydroxylation is 1. The number of alkyl halides is 1. The number of aliphatic hydroxyl groups excluding tert-OH is 1. The van der Waals surface area contributed by atoms with Gasteiger partial charge in [-0.1, -0.05) is 22.0 Å². The van der Waals surface area contributed by atoms with Crippen LogP contribution in [0, 0.1) is 0 Å². The maximum atomic E-state index is 9.91. The molecule has 0 aliphatic heterocycles. The Morgan fingerprint density at radius 3 is 3.00 bits per heavy atom. The van der Waals surface area contributed by atoms with E-state index in [-0.39, 0.29) is 10.9 Å². The van der Waals surface area contributed by atoms with Crippen LogP contribution < -0.4 is 4.74 Å². The molecule has 0 fully saturated rings. The van der Waals surface area contributed by atoms with Gasteiger partial charge in [0.15, 0.2) is 0 Å². The highest BCUT2D eigenvalue weighted by atomic mass is 79.9. The molecule has 1 N–H and O–H groups in total. The molecular formula is C11H13BrO2. The van der Waals surface area contributed by atoms with Gasteiger partial charge in [0.2, 0.25) is 0 Å². The lowest BCUT2D eigenvalue weighted by Crippen LogP contribution is -2.20. The van der Waals surface area contributed by atoms with Gasteiger partial charge in [-0.05, 0) is 36.1 Å². The van der Waals surface area contributed by atoms with Crippen LogP contribution in [-0.4, -0.2) is 17.0 Å². The Labute approximate surface area is 92.0 Å². The summed E-state index contributed by atoms with van der Waals surface area (Å²) in [5, 5.41) is 9.91. The summed E-state index contributed by atoms with van der Waals surface area (Å²) < 4.78 is 5.15. The van der Waals surface area contributed by atoms with Crippen LogP contribution in [0.15, 0.2) is 18.2 Å². The summed E-state index contributed by atoms with van der Waals surface area (Å²) in [6.45, 7) is 0. The van der Waals surface area contributed by atoms with Gasteiger partial charge in [0.05, 0.1) is 13.2 Å². The largest absolute Gasteiger partial charge is 0.497 e. The second kappa shape index (κ2) is 3.91. The molecule has 2 rings (SSSR count). The zero-order valence-corrected chi connectivity index (χ0v) is 9.62. The van der Waals surface area contributed by atoms with Crippen molar-refractivity contribution in [1.82, 2.24) is 0 Å². The van der Waals surface area contributed by atoms with Crippen LogP contribution in [0.4, 0.5) is 0 Å². The fraction of sp³-hybridized carbons (Fsp3) is 0.455. The second-order valence-corrected chi connectivity index (χ2v) is 4.74. The first-order valence-corrected chi connectivity index (χ1v) is 5.63. The van der Waals surface area contributed by atoms with E-state index in [0.29, 0.717) is 0 Å². The molecule has 0 unspecified atom stereocenters. The second-order valence-electron chi connectivity index (χ2n) is 3.56. The molecule has 0 radical (unpaired) electrons. The van der Waals surface area contributed by atoms with Crippen molar-refractivity contribution >= 4 is 15.9 Å². The average Bonchev–Trinajstić information content (AvgIpc) is 2.23. The van der Waals surface area contributed by atoms with Gasteiger partial charge in [0.25, 0.3) is 0 Å². The quantitative estimate of drug-likeness (QED) is 0.783. The molecule has 1 aromatic carbocycles. The zero-order valence-electron chi connectivity index (χ0n) is 8.03. The number of hydrogen-bond acceptors (Lipinski definition) is 2. The van der Waals surface area contributed by atoms with Crippen molar-refractivity contribution in [3.05, 3.63) is 29.3 Å². The first-order valence-electron chi connectivity index (χ1n) is 4.71. The molecule has 0 bridgehead atoms. The Morgan fingerprint density at radius 2 is 2.29 bits per heavy atom. The smallest absolute Gasteiger partial charge is 0.119 e. The lowest BCUT2D eigenvalue weighted by atomic mass is 9.89. The van der Waals surface area contributed by atoms with Gasteiger partial charge >= 0.3 is 0 Å². The Hall–Kier alpha value is -0.540. The van der Waals surface area contributed by atoms with Crippen molar-refractivity contribution in [2.75, 3.05) is 7.11 Å². The number of ether oxygens (including phenoxy) is 1. The van der Waals surface area contributed by atoms with E-state index < -0.39 is 0 Å². The van der Waals surface area contributed by atoms with Crippen molar-refractivity contribution in [3.8, 4) is 5.75 Å². The topological polar surface area (TPSA) is 29.5 Å². The summed E-state index contributed by atoms with van der Waals surface area (Å²) in [4.78, 5) is 0.184. The van der Waals surface area contributed by atoms with Crippen LogP contribution >= 0.6 is 15.9 Å². The third-order valence-corrected chi connectivity index (χ3v) is 3.66. The molecule has 1 aliphatic carbocycles. The first-order chi connectivity index (χ1) is 6.72. The minimum atomic E-state index is -0.385. The zero-order chi connectivity index (χ0) is 10.1. The van der Waals surface area contributed by atoms with E-state index in [4.69, 9.17) is 4.74 Å². The molecule has 14 heavy (non-hydrogen) atoms. The molecule has 2 nitrogen and oxygen atoms in total. The van der Waals surface area contributed by atoms with Gasteiger partial charge in [0.1, 0.15) is 5.75 Å². The molecule has 0 aromatic heterocycles. The van der Waals surface area contributed by atoms with Crippen molar-refractivity contribution in [2.24, 2.45) is 0 Å². The van der Waals surface area contributed by atoms with Crippen LogP contribution in [0.5, 0.6) is 5.75 Å². The summed E-state index contributed by atoms with van der Waals surface area (Å²) in [5.41, 5.74) is 2.23. The lowest BCUT2D eigenvalue weighted by molar-refractivity contribution is 0.165. The van der Waals surface area contributed by atoms with E-state index in [9.17, 15) is 5.11 Å². The first kappa shape index (κ1) is 9.99. The van der Waals surface area contributed by atoms with Gasteiger partial charge in [-0.15, -0.1) is 0 Å². The Bertz CT molecular complexity index is 338. The molecule has 3 heteroatoms. The van der Waals surface area contributed by atoms with Crippen LogP contribution in [0.2, 0.25) is 0 Å².